The standard InChI is InChI=1S/C56H51NO6/c1-32-33(2)52(60)55(63)49(51(32)59)40-22-28-44(29-23-40)57(42-24-18-38(19-25-42)47-34(3)50(58)35(4)53(61)54(47)62)43-26-20-39(21-27-43)48-45(36-14-10-8-11-15-36)30-41(56(5,6)7)31-46(48)37-16-12-9-13-17-37/h8-31,58-63H,1-7H3. The number of phenolic OH excluding ortho intramolecular Hbond substituents is 6. The van der Waals surface area contributed by atoms with Gasteiger partial charge >= 0.3 is 0 Å². The van der Waals surface area contributed by atoms with Gasteiger partial charge < -0.3 is 35.5 Å². The molecule has 0 amide bonds. The fourth-order valence-corrected chi connectivity index (χ4v) is 8.42. The molecule has 0 spiro atoms. The van der Waals surface area contributed by atoms with E-state index in [0.29, 0.717) is 33.4 Å². The fourth-order valence-electron chi connectivity index (χ4n) is 8.42. The molecule has 316 valence electrons. The summed E-state index contributed by atoms with van der Waals surface area (Å²) < 4.78 is 0. The maximum Gasteiger partial charge on any atom is 0.169 e. The molecule has 0 aliphatic carbocycles. The van der Waals surface area contributed by atoms with Crippen LogP contribution >= 0.6 is 0 Å². The molecule has 0 aliphatic heterocycles. The second-order valence-corrected chi connectivity index (χ2v) is 17.2. The number of rotatable bonds is 8. The first-order chi connectivity index (χ1) is 30.1. The zero-order chi connectivity index (χ0) is 44.9. The van der Waals surface area contributed by atoms with Crippen molar-refractivity contribution in [2.45, 2.75) is 53.9 Å². The average molecular weight is 834 g/mol. The minimum Gasteiger partial charge on any atom is -0.507 e. The molecule has 7 heteroatoms. The SMILES string of the molecule is Cc1c(O)c(C)c(-c2ccc(N(c3ccc(-c4c(-c5ccccc5)cc(C(C)(C)C)cc4-c4ccccc4)cc3)c3ccc(-c4c(O)c(C)c(C)c(O)c4O)cc3)cc2)c(O)c1O. The number of hydrogen-bond donors (Lipinski definition) is 6. The van der Waals surface area contributed by atoms with E-state index in [-0.39, 0.29) is 45.3 Å². The minimum atomic E-state index is -0.390. The number of hydrogen-bond acceptors (Lipinski definition) is 7. The van der Waals surface area contributed by atoms with Gasteiger partial charge in [0.15, 0.2) is 23.0 Å². The van der Waals surface area contributed by atoms with Crippen molar-refractivity contribution in [2.75, 3.05) is 4.90 Å². The zero-order valence-corrected chi connectivity index (χ0v) is 36.5. The van der Waals surface area contributed by atoms with E-state index in [2.05, 4.69) is 111 Å². The Morgan fingerprint density at radius 2 is 0.698 bits per heavy atom. The Morgan fingerprint density at radius 3 is 1.13 bits per heavy atom. The maximum absolute atomic E-state index is 11.1. The predicted molar refractivity (Wildman–Crippen MR) is 256 cm³/mol. The first kappa shape index (κ1) is 42.1. The van der Waals surface area contributed by atoms with E-state index in [0.717, 1.165) is 50.4 Å². The van der Waals surface area contributed by atoms with Gasteiger partial charge in [0.05, 0.1) is 5.56 Å². The molecule has 63 heavy (non-hydrogen) atoms. The summed E-state index contributed by atoms with van der Waals surface area (Å²) in [6, 6.07) is 48.9. The molecule has 6 N–H and O–H groups in total. The van der Waals surface area contributed by atoms with Gasteiger partial charge in [-0.05, 0) is 137 Å². The van der Waals surface area contributed by atoms with Crippen LogP contribution in [0.3, 0.4) is 0 Å². The van der Waals surface area contributed by atoms with Crippen LogP contribution in [0.1, 0.15) is 48.6 Å². The fraction of sp³-hybridized carbons (Fsp3) is 0.143. The van der Waals surface area contributed by atoms with E-state index in [1.165, 1.54) is 5.56 Å². The van der Waals surface area contributed by atoms with Crippen molar-refractivity contribution in [1.29, 1.82) is 0 Å². The van der Waals surface area contributed by atoms with Crippen molar-refractivity contribution < 1.29 is 30.6 Å². The summed E-state index contributed by atoms with van der Waals surface area (Å²) in [4.78, 5) is 2.07. The van der Waals surface area contributed by atoms with Crippen LogP contribution < -0.4 is 4.90 Å². The molecule has 7 nitrogen and oxygen atoms in total. The summed E-state index contributed by atoms with van der Waals surface area (Å²) in [7, 11) is 0. The summed E-state index contributed by atoms with van der Waals surface area (Å²) in [6.45, 7) is 13.3. The third-order valence-corrected chi connectivity index (χ3v) is 12.3. The van der Waals surface area contributed by atoms with Gasteiger partial charge in [0.2, 0.25) is 0 Å². The monoisotopic (exact) mass is 833 g/mol. The van der Waals surface area contributed by atoms with Gasteiger partial charge in [0.25, 0.3) is 0 Å². The van der Waals surface area contributed by atoms with Crippen molar-refractivity contribution in [3.8, 4) is 90.1 Å². The molecule has 8 rings (SSSR count). The Morgan fingerprint density at radius 1 is 0.333 bits per heavy atom. The van der Waals surface area contributed by atoms with E-state index in [1.807, 2.05) is 48.5 Å². The molecule has 0 radical (unpaired) electrons. The predicted octanol–water partition coefficient (Wildman–Crippen LogP) is 14.3. The number of nitrogens with zero attached hydrogens (tertiary/aromatic N) is 1. The number of benzene rings is 8. The van der Waals surface area contributed by atoms with Crippen molar-refractivity contribution in [1.82, 2.24) is 0 Å². The average Bonchev–Trinajstić information content (AvgIpc) is 3.30. The first-order valence-corrected chi connectivity index (χ1v) is 21.0. The Bertz CT molecular complexity index is 2760. The van der Waals surface area contributed by atoms with Crippen molar-refractivity contribution in [2.24, 2.45) is 0 Å². The Hall–Kier alpha value is -7.64. The Kier molecular flexibility index (Phi) is 10.9. The lowest BCUT2D eigenvalue weighted by Gasteiger charge is -2.27. The van der Waals surface area contributed by atoms with E-state index in [9.17, 15) is 30.6 Å². The number of anilines is 3. The van der Waals surface area contributed by atoms with Crippen molar-refractivity contribution in [3.05, 3.63) is 173 Å². The summed E-state index contributed by atoms with van der Waals surface area (Å²) in [5, 5.41) is 65.2. The van der Waals surface area contributed by atoms with E-state index >= 15 is 0 Å². The lowest BCUT2D eigenvalue weighted by molar-refractivity contribution is 0.392. The van der Waals surface area contributed by atoms with Gasteiger partial charge in [-0.25, -0.2) is 0 Å². The smallest absolute Gasteiger partial charge is 0.169 e. The third-order valence-electron chi connectivity index (χ3n) is 12.3. The van der Waals surface area contributed by atoms with E-state index in [4.69, 9.17) is 0 Å². The molecule has 8 aromatic carbocycles. The molecule has 0 fully saturated rings. The molecular formula is C56H51NO6. The van der Waals surface area contributed by atoms with Gasteiger partial charge in [0.1, 0.15) is 11.5 Å². The van der Waals surface area contributed by atoms with Crippen LogP contribution in [-0.4, -0.2) is 30.6 Å². The van der Waals surface area contributed by atoms with Crippen LogP contribution in [0.25, 0.3) is 55.6 Å². The van der Waals surface area contributed by atoms with Gasteiger partial charge in [-0.1, -0.05) is 118 Å². The molecule has 0 bridgehead atoms. The summed E-state index contributed by atoms with van der Waals surface area (Å²) in [5.41, 5.74) is 13.3. The Balaban J connectivity index is 1.29. The number of aromatic hydroxyl groups is 6. The Labute approximate surface area is 368 Å². The third kappa shape index (κ3) is 7.56. The molecule has 8 aromatic rings. The molecule has 0 heterocycles. The van der Waals surface area contributed by atoms with Crippen molar-refractivity contribution >= 4 is 17.1 Å². The molecule has 0 unspecified atom stereocenters. The quantitative estimate of drug-likeness (QED) is 0.0665. The summed E-state index contributed by atoms with van der Waals surface area (Å²) in [5.74, 6) is -1.53. The number of phenols is 6. The molecule has 0 saturated heterocycles. The van der Waals surface area contributed by atoms with Crippen LogP contribution in [0.4, 0.5) is 17.1 Å². The van der Waals surface area contributed by atoms with Gasteiger partial charge in [0, 0.05) is 39.3 Å². The zero-order valence-electron chi connectivity index (χ0n) is 36.5. The van der Waals surface area contributed by atoms with Crippen LogP contribution in [0.5, 0.6) is 34.5 Å². The maximum atomic E-state index is 11.1. The molecular weight excluding hydrogens is 783 g/mol. The normalized spacial score (nSPS) is 11.5. The first-order valence-electron chi connectivity index (χ1n) is 21.0. The van der Waals surface area contributed by atoms with Gasteiger partial charge in [-0.15, -0.1) is 0 Å². The highest BCUT2D eigenvalue weighted by molar-refractivity contribution is 5.96. The summed E-state index contributed by atoms with van der Waals surface area (Å²) in [6.07, 6.45) is 0. The molecule has 0 aromatic heterocycles. The second kappa shape index (κ2) is 16.3. The van der Waals surface area contributed by atoms with Gasteiger partial charge in [-0.2, -0.15) is 0 Å². The van der Waals surface area contributed by atoms with Crippen LogP contribution in [0.2, 0.25) is 0 Å². The largest absolute Gasteiger partial charge is 0.507 e. The minimum absolute atomic E-state index is 0.0840. The van der Waals surface area contributed by atoms with Crippen LogP contribution in [-0.2, 0) is 5.41 Å². The van der Waals surface area contributed by atoms with Crippen LogP contribution in [0, 0.1) is 27.7 Å². The topological polar surface area (TPSA) is 125 Å². The lowest BCUT2D eigenvalue weighted by Crippen LogP contribution is -2.12. The highest BCUT2D eigenvalue weighted by atomic mass is 16.3. The van der Waals surface area contributed by atoms with E-state index < -0.39 is 5.75 Å². The highest BCUT2D eigenvalue weighted by Crippen LogP contribution is 2.50. The summed E-state index contributed by atoms with van der Waals surface area (Å²) >= 11 is 0. The van der Waals surface area contributed by atoms with E-state index in [1.54, 1.807) is 39.8 Å². The second-order valence-electron chi connectivity index (χ2n) is 17.2. The highest BCUT2D eigenvalue weighted by Gasteiger charge is 2.25. The van der Waals surface area contributed by atoms with Crippen LogP contribution in [0.15, 0.2) is 146 Å². The molecule has 0 atom stereocenters. The van der Waals surface area contributed by atoms with Crippen molar-refractivity contribution in [3.63, 3.8) is 0 Å². The molecule has 0 aliphatic rings. The molecule has 0 saturated carbocycles. The van der Waals surface area contributed by atoms with Gasteiger partial charge in [-0.3, -0.25) is 0 Å². The lowest BCUT2D eigenvalue weighted by atomic mass is 9.79.